The van der Waals surface area contributed by atoms with Gasteiger partial charge in [-0.2, -0.15) is 0 Å². The Labute approximate surface area is 210 Å². The molecule has 5 nitrogen and oxygen atoms in total. The van der Waals surface area contributed by atoms with Crippen LogP contribution in [0.1, 0.15) is 17.0 Å². The van der Waals surface area contributed by atoms with Crippen LogP contribution >= 0.6 is 0 Å². The first-order chi connectivity index (χ1) is 18.2. The summed E-state index contributed by atoms with van der Waals surface area (Å²) >= 11 is 0. The Bertz CT molecular complexity index is 2070. The molecule has 0 saturated carbocycles. The average Bonchev–Trinajstić information content (AvgIpc) is 3.52. The number of furan rings is 1. The van der Waals surface area contributed by atoms with Crippen LogP contribution in [0.2, 0.25) is 0 Å². The van der Waals surface area contributed by atoms with Crippen LogP contribution in [0.3, 0.4) is 0 Å². The third-order valence-corrected chi connectivity index (χ3v) is 7.69. The van der Waals surface area contributed by atoms with Gasteiger partial charge >= 0.3 is 6.23 Å². The zero-order chi connectivity index (χ0) is 24.7. The van der Waals surface area contributed by atoms with Crippen molar-refractivity contribution < 1.29 is 14.1 Å². The van der Waals surface area contributed by atoms with Gasteiger partial charge in [-0.3, -0.25) is 10.1 Å². The Morgan fingerprint density at radius 2 is 1.32 bits per heavy atom. The molecule has 1 aromatic heterocycles. The zero-order valence-corrected chi connectivity index (χ0v) is 19.5. The second-order valence-electron chi connectivity index (χ2n) is 9.65. The third kappa shape index (κ3) is 2.79. The molecule has 7 aromatic rings. The summed E-state index contributed by atoms with van der Waals surface area (Å²) in [5, 5.41) is 20.6. The van der Waals surface area contributed by atoms with Gasteiger partial charge in [-0.25, -0.2) is 0 Å². The molecule has 6 aromatic carbocycles. The van der Waals surface area contributed by atoms with Gasteiger partial charge in [-0.05, 0) is 50.7 Å². The van der Waals surface area contributed by atoms with E-state index in [4.69, 9.17) is 9.15 Å². The number of hydrogen-bond acceptors (Lipinski definition) is 4. The lowest BCUT2D eigenvalue weighted by Gasteiger charge is -2.15. The number of ether oxygens (including phenoxy) is 1. The highest BCUT2D eigenvalue weighted by atomic mass is 16.7. The van der Waals surface area contributed by atoms with E-state index < -0.39 is 12.1 Å². The van der Waals surface area contributed by atoms with Crippen molar-refractivity contribution in [3.05, 3.63) is 124 Å². The predicted molar refractivity (Wildman–Crippen MR) is 146 cm³/mol. The minimum Gasteiger partial charge on any atom is -0.456 e. The molecule has 1 aliphatic heterocycles. The Morgan fingerprint density at radius 3 is 2.16 bits per heavy atom. The maximum absolute atomic E-state index is 12.3. The summed E-state index contributed by atoms with van der Waals surface area (Å²) in [4.78, 5) is 12.0. The summed E-state index contributed by atoms with van der Waals surface area (Å²) in [6.45, 7) is 0. The molecule has 0 bridgehead atoms. The van der Waals surface area contributed by atoms with Gasteiger partial charge in [0.15, 0.2) is 0 Å². The molecule has 1 aliphatic rings. The fraction of sp³-hybridized carbons (Fsp3) is 0.0625. The number of rotatable bonds is 2. The van der Waals surface area contributed by atoms with E-state index in [0.717, 1.165) is 65.4 Å². The molecule has 0 saturated heterocycles. The van der Waals surface area contributed by atoms with E-state index in [1.165, 1.54) is 0 Å². The fourth-order valence-corrected chi connectivity index (χ4v) is 6.10. The molecule has 0 N–H and O–H groups in total. The first kappa shape index (κ1) is 20.3. The Kier molecular flexibility index (Phi) is 4.01. The average molecular weight is 482 g/mol. The number of fused-ring (bicyclic) bond motifs is 10. The van der Waals surface area contributed by atoms with Gasteiger partial charge in [0.05, 0.1) is 4.92 Å². The van der Waals surface area contributed by atoms with Gasteiger partial charge in [0.25, 0.3) is 0 Å². The monoisotopic (exact) mass is 481 g/mol. The molecule has 8 rings (SSSR count). The van der Waals surface area contributed by atoms with Crippen LogP contribution < -0.4 is 4.74 Å². The smallest absolute Gasteiger partial charge is 0.364 e. The summed E-state index contributed by atoms with van der Waals surface area (Å²) in [5.41, 5.74) is 3.26. The van der Waals surface area contributed by atoms with Gasteiger partial charge in [-0.1, -0.05) is 84.9 Å². The Balaban J connectivity index is 1.53. The molecular formula is C32H19NO4. The quantitative estimate of drug-likeness (QED) is 0.184. The highest BCUT2D eigenvalue weighted by Crippen LogP contribution is 2.50. The predicted octanol–water partition coefficient (Wildman–Crippen LogP) is 8.17. The van der Waals surface area contributed by atoms with Gasteiger partial charge < -0.3 is 9.15 Å². The SMILES string of the molecule is O=[N+]([O-])[C@H]1Oc2ccc3ccc4oc5ccc6ccccc6c5c4c3c2[C@@H]1c1ccc2ccccc2c1. The van der Waals surface area contributed by atoms with Crippen molar-refractivity contribution >= 4 is 54.3 Å². The highest BCUT2D eigenvalue weighted by molar-refractivity contribution is 6.27. The maximum atomic E-state index is 12.3. The third-order valence-electron chi connectivity index (χ3n) is 7.69. The van der Waals surface area contributed by atoms with Crippen LogP contribution in [0, 0.1) is 10.1 Å². The summed E-state index contributed by atoms with van der Waals surface area (Å²) in [7, 11) is 0. The lowest BCUT2D eigenvalue weighted by molar-refractivity contribution is -0.562. The largest absolute Gasteiger partial charge is 0.456 e. The van der Waals surface area contributed by atoms with E-state index in [1.54, 1.807) is 0 Å². The van der Waals surface area contributed by atoms with Gasteiger partial charge in [0.1, 0.15) is 22.8 Å². The molecule has 0 fully saturated rings. The topological polar surface area (TPSA) is 65.5 Å². The molecule has 37 heavy (non-hydrogen) atoms. The van der Waals surface area contributed by atoms with E-state index >= 15 is 0 Å². The van der Waals surface area contributed by atoms with E-state index in [1.807, 2.05) is 78.9 Å². The molecular weight excluding hydrogens is 462 g/mol. The Hall–Kier alpha value is -4.90. The number of nitrogens with zero attached hydrogens (tertiary/aromatic N) is 1. The lowest BCUT2D eigenvalue weighted by Crippen LogP contribution is -2.28. The molecule has 0 aliphatic carbocycles. The van der Waals surface area contributed by atoms with Crippen molar-refractivity contribution in [2.24, 2.45) is 0 Å². The van der Waals surface area contributed by atoms with E-state index in [2.05, 4.69) is 24.3 Å². The fourth-order valence-electron chi connectivity index (χ4n) is 6.10. The van der Waals surface area contributed by atoms with Crippen LogP contribution in [0.15, 0.2) is 108 Å². The summed E-state index contributed by atoms with van der Waals surface area (Å²) in [6.07, 6.45) is -1.22. The van der Waals surface area contributed by atoms with Crippen LogP contribution in [0.4, 0.5) is 0 Å². The van der Waals surface area contributed by atoms with Crippen molar-refractivity contribution in [1.29, 1.82) is 0 Å². The molecule has 5 heteroatoms. The van der Waals surface area contributed by atoms with E-state index in [-0.39, 0.29) is 4.92 Å². The molecule has 2 atom stereocenters. The first-order valence-electron chi connectivity index (χ1n) is 12.3. The molecule has 0 unspecified atom stereocenters. The summed E-state index contributed by atoms with van der Waals surface area (Å²) < 4.78 is 12.4. The van der Waals surface area contributed by atoms with Gasteiger partial charge in [0.2, 0.25) is 0 Å². The van der Waals surface area contributed by atoms with Gasteiger partial charge in [-0.15, -0.1) is 0 Å². The van der Waals surface area contributed by atoms with Crippen molar-refractivity contribution in [2.75, 3.05) is 0 Å². The lowest BCUT2D eigenvalue weighted by atomic mass is 9.85. The zero-order valence-electron chi connectivity index (χ0n) is 19.5. The van der Waals surface area contributed by atoms with Crippen LogP contribution in [0.25, 0.3) is 54.3 Å². The van der Waals surface area contributed by atoms with Crippen molar-refractivity contribution in [1.82, 2.24) is 0 Å². The molecule has 176 valence electrons. The molecule has 0 spiro atoms. The maximum Gasteiger partial charge on any atom is 0.364 e. The van der Waals surface area contributed by atoms with Crippen molar-refractivity contribution in [3.8, 4) is 5.75 Å². The van der Waals surface area contributed by atoms with Crippen LogP contribution in [-0.2, 0) is 0 Å². The first-order valence-corrected chi connectivity index (χ1v) is 12.3. The molecule has 0 radical (unpaired) electrons. The Morgan fingerprint density at radius 1 is 0.649 bits per heavy atom. The number of nitro groups is 1. The van der Waals surface area contributed by atoms with Crippen LogP contribution in [0.5, 0.6) is 5.75 Å². The minimum atomic E-state index is -1.22. The molecule has 0 amide bonds. The number of benzene rings is 6. The normalized spacial score (nSPS) is 17.1. The van der Waals surface area contributed by atoms with Crippen LogP contribution in [-0.4, -0.2) is 11.2 Å². The molecule has 2 heterocycles. The van der Waals surface area contributed by atoms with Crippen molar-refractivity contribution in [2.45, 2.75) is 12.1 Å². The van der Waals surface area contributed by atoms with Crippen molar-refractivity contribution in [3.63, 3.8) is 0 Å². The van der Waals surface area contributed by atoms with Gasteiger partial charge in [0, 0.05) is 21.7 Å². The van der Waals surface area contributed by atoms with E-state index in [0.29, 0.717) is 5.75 Å². The minimum absolute atomic E-state index is 0.311. The standard InChI is InChI=1S/C32H19NO4/c34-33(35)32-28(22-10-9-18-5-1-2-7-21(18)17-22)30-26(37-32)16-13-20-12-15-25-31(27(20)30)29-23-8-4-3-6-19(23)11-14-24(29)36-25/h1-17,28,32H/t28-,32-/m0/s1. The summed E-state index contributed by atoms with van der Waals surface area (Å²) in [6, 6.07) is 34.3. The summed E-state index contributed by atoms with van der Waals surface area (Å²) in [5.74, 6) is -0.0155. The second kappa shape index (κ2) is 7.31. The second-order valence-corrected chi connectivity index (χ2v) is 9.65. The van der Waals surface area contributed by atoms with E-state index in [9.17, 15) is 10.1 Å². The highest BCUT2D eigenvalue weighted by Gasteiger charge is 2.45. The number of hydrogen-bond donors (Lipinski definition) is 0.